The van der Waals surface area contributed by atoms with Gasteiger partial charge in [0.05, 0.1) is 0 Å². The van der Waals surface area contributed by atoms with Crippen molar-refractivity contribution >= 4 is 0 Å². The second-order valence-electron chi connectivity index (χ2n) is 4.45. The van der Waals surface area contributed by atoms with Gasteiger partial charge in [0.2, 0.25) is 0 Å². The van der Waals surface area contributed by atoms with E-state index in [2.05, 4.69) is 0 Å². The van der Waals surface area contributed by atoms with Crippen molar-refractivity contribution in [2.45, 2.75) is 25.3 Å². The van der Waals surface area contributed by atoms with Crippen LogP contribution in [-0.2, 0) is 4.74 Å². The van der Waals surface area contributed by atoms with Crippen molar-refractivity contribution in [3.63, 3.8) is 0 Å². The molecule has 0 amide bonds. The van der Waals surface area contributed by atoms with Gasteiger partial charge in [-0.2, -0.15) is 0 Å². The first kappa shape index (κ1) is 11.6. The number of nitrogens with two attached hydrogens (primary N) is 1. The second-order valence-corrected chi connectivity index (χ2v) is 4.45. The van der Waals surface area contributed by atoms with Gasteiger partial charge in [-0.3, -0.25) is 0 Å². The molecule has 1 atom stereocenters. The Hall–Kier alpha value is -0.930. The Morgan fingerprint density at radius 3 is 2.50 bits per heavy atom. The lowest BCUT2D eigenvalue weighted by Crippen LogP contribution is -2.21. The molecule has 1 aliphatic rings. The van der Waals surface area contributed by atoms with Crippen LogP contribution in [0.4, 0.5) is 4.39 Å². The fraction of sp³-hybridized carbons (Fsp3) is 0.538. The van der Waals surface area contributed by atoms with Gasteiger partial charge in [0.25, 0.3) is 0 Å². The number of hydrogen-bond donors (Lipinski definition) is 1. The molecule has 1 heterocycles. The Bertz CT molecular complexity index is 319. The largest absolute Gasteiger partial charge is 0.381 e. The normalized spacial score (nSPS) is 19.6. The van der Waals surface area contributed by atoms with Crippen molar-refractivity contribution in [3.05, 3.63) is 35.6 Å². The molecule has 2 N–H and O–H groups in total. The molecule has 1 aromatic rings. The molecule has 0 unspecified atom stereocenters. The van der Waals surface area contributed by atoms with Gasteiger partial charge in [0.1, 0.15) is 5.82 Å². The molecule has 1 aromatic carbocycles. The molecule has 0 aliphatic carbocycles. The van der Waals surface area contributed by atoms with Gasteiger partial charge in [-0.05, 0) is 42.9 Å². The Labute approximate surface area is 95.6 Å². The number of rotatable bonds is 3. The maximum absolute atomic E-state index is 12.8. The zero-order chi connectivity index (χ0) is 11.4. The van der Waals surface area contributed by atoms with E-state index in [4.69, 9.17) is 10.5 Å². The molecule has 1 fully saturated rings. The Kier molecular flexibility index (Phi) is 3.91. The van der Waals surface area contributed by atoms with Crippen LogP contribution in [0.15, 0.2) is 24.3 Å². The molecular weight excluding hydrogens is 205 g/mol. The molecule has 88 valence electrons. The minimum atomic E-state index is -0.206. The van der Waals surface area contributed by atoms with Gasteiger partial charge in [-0.25, -0.2) is 4.39 Å². The van der Waals surface area contributed by atoms with Crippen molar-refractivity contribution in [1.82, 2.24) is 0 Å². The average molecular weight is 223 g/mol. The van der Waals surface area contributed by atoms with Gasteiger partial charge >= 0.3 is 0 Å². The minimum absolute atomic E-state index is 0.0173. The average Bonchev–Trinajstić information content (AvgIpc) is 2.31. The third-order valence-electron chi connectivity index (χ3n) is 3.23. The highest BCUT2D eigenvalue weighted by molar-refractivity contribution is 5.19. The van der Waals surface area contributed by atoms with Crippen LogP contribution in [0, 0.1) is 11.7 Å². The Morgan fingerprint density at radius 2 is 1.88 bits per heavy atom. The molecule has 0 aromatic heterocycles. The van der Waals surface area contributed by atoms with Gasteiger partial charge < -0.3 is 10.5 Å². The summed E-state index contributed by atoms with van der Waals surface area (Å²) in [4.78, 5) is 0. The van der Waals surface area contributed by atoms with Crippen molar-refractivity contribution < 1.29 is 9.13 Å². The van der Waals surface area contributed by atoms with Crippen molar-refractivity contribution in [2.24, 2.45) is 11.7 Å². The van der Waals surface area contributed by atoms with E-state index in [1.807, 2.05) is 0 Å². The molecule has 0 saturated carbocycles. The number of hydrogen-bond acceptors (Lipinski definition) is 2. The van der Waals surface area contributed by atoms with E-state index in [-0.39, 0.29) is 11.9 Å². The number of benzene rings is 1. The lowest BCUT2D eigenvalue weighted by atomic mass is 9.90. The van der Waals surface area contributed by atoms with E-state index in [1.165, 1.54) is 12.1 Å². The summed E-state index contributed by atoms with van der Waals surface area (Å²) in [6, 6.07) is 6.51. The standard InChI is InChI=1S/C13H18FNO/c14-12-3-1-11(2-4-12)13(15)9-10-5-7-16-8-6-10/h1-4,10,13H,5-9,15H2/t13-/m0/s1. The van der Waals surface area contributed by atoms with Crippen molar-refractivity contribution in [2.75, 3.05) is 13.2 Å². The summed E-state index contributed by atoms with van der Waals surface area (Å²) >= 11 is 0. The lowest BCUT2D eigenvalue weighted by molar-refractivity contribution is 0.0618. The highest BCUT2D eigenvalue weighted by atomic mass is 19.1. The van der Waals surface area contributed by atoms with Crippen molar-refractivity contribution in [1.29, 1.82) is 0 Å². The van der Waals surface area contributed by atoms with E-state index in [0.717, 1.165) is 38.0 Å². The summed E-state index contributed by atoms with van der Waals surface area (Å²) < 4.78 is 18.1. The van der Waals surface area contributed by atoms with Gasteiger partial charge in [-0.1, -0.05) is 12.1 Å². The molecule has 1 aliphatic heterocycles. The smallest absolute Gasteiger partial charge is 0.123 e. The maximum atomic E-state index is 12.8. The van der Waals surface area contributed by atoms with Crippen LogP contribution in [0.1, 0.15) is 30.9 Å². The van der Waals surface area contributed by atoms with Crippen molar-refractivity contribution in [3.8, 4) is 0 Å². The molecule has 16 heavy (non-hydrogen) atoms. The maximum Gasteiger partial charge on any atom is 0.123 e. The summed E-state index contributed by atoms with van der Waals surface area (Å²) in [7, 11) is 0. The third kappa shape index (κ3) is 3.03. The first-order valence-corrected chi connectivity index (χ1v) is 5.84. The van der Waals surface area contributed by atoms with Crippen LogP contribution in [0.5, 0.6) is 0 Å². The van der Waals surface area contributed by atoms with E-state index >= 15 is 0 Å². The van der Waals surface area contributed by atoms with Crippen LogP contribution >= 0.6 is 0 Å². The fourth-order valence-corrected chi connectivity index (χ4v) is 2.19. The molecule has 3 heteroatoms. The zero-order valence-corrected chi connectivity index (χ0v) is 9.36. The second kappa shape index (κ2) is 5.41. The van der Waals surface area contributed by atoms with Crippen LogP contribution < -0.4 is 5.73 Å². The minimum Gasteiger partial charge on any atom is -0.381 e. The molecule has 0 bridgehead atoms. The zero-order valence-electron chi connectivity index (χ0n) is 9.36. The van der Waals surface area contributed by atoms with Gasteiger partial charge in [0, 0.05) is 19.3 Å². The lowest BCUT2D eigenvalue weighted by Gasteiger charge is -2.24. The summed E-state index contributed by atoms with van der Waals surface area (Å²) in [5, 5.41) is 0. The first-order valence-electron chi connectivity index (χ1n) is 5.84. The highest BCUT2D eigenvalue weighted by Gasteiger charge is 2.17. The topological polar surface area (TPSA) is 35.2 Å². The SMILES string of the molecule is N[C@@H](CC1CCOCC1)c1ccc(F)cc1. The Balaban J connectivity index is 1.91. The molecular formula is C13H18FNO. The number of halogens is 1. The van der Waals surface area contributed by atoms with Crippen LogP contribution in [0.3, 0.4) is 0 Å². The van der Waals surface area contributed by atoms with Crippen LogP contribution in [0.2, 0.25) is 0 Å². The summed E-state index contributed by atoms with van der Waals surface area (Å²) in [6.45, 7) is 1.70. The predicted octanol–water partition coefficient (Wildman–Crippen LogP) is 2.64. The molecule has 1 saturated heterocycles. The van der Waals surface area contributed by atoms with E-state index in [0.29, 0.717) is 5.92 Å². The summed E-state index contributed by atoms with van der Waals surface area (Å²) in [5.41, 5.74) is 7.13. The van der Waals surface area contributed by atoms with Crippen LogP contribution in [0.25, 0.3) is 0 Å². The highest BCUT2D eigenvalue weighted by Crippen LogP contribution is 2.25. The van der Waals surface area contributed by atoms with E-state index < -0.39 is 0 Å². The quantitative estimate of drug-likeness (QED) is 0.855. The molecule has 2 nitrogen and oxygen atoms in total. The first-order chi connectivity index (χ1) is 7.75. The van der Waals surface area contributed by atoms with Gasteiger partial charge in [0.15, 0.2) is 0 Å². The van der Waals surface area contributed by atoms with E-state index in [9.17, 15) is 4.39 Å². The van der Waals surface area contributed by atoms with Gasteiger partial charge in [-0.15, -0.1) is 0 Å². The predicted molar refractivity (Wildman–Crippen MR) is 61.5 cm³/mol. The summed E-state index contributed by atoms with van der Waals surface area (Å²) in [6.07, 6.45) is 3.15. The van der Waals surface area contributed by atoms with E-state index in [1.54, 1.807) is 12.1 Å². The molecule has 0 spiro atoms. The van der Waals surface area contributed by atoms with Crippen LogP contribution in [-0.4, -0.2) is 13.2 Å². The molecule has 2 rings (SSSR count). The molecule has 0 radical (unpaired) electrons. The fourth-order valence-electron chi connectivity index (χ4n) is 2.19. The third-order valence-corrected chi connectivity index (χ3v) is 3.23. The monoisotopic (exact) mass is 223 g/mol. The Morgan fingerprint density at radius 1 is 1.25 bits per heavy atom. The number of ether oxygens (including phenoxy) is 1. The summed E-state index contributed by atoms with van der Waals surface area (Å²) in [5.74, 6) is 0.441.